The highest BCUT2D eigenvalue weighted by Crippen LogP contribution is 2.24. The van der Waals surface area contributed by atoms with Gasteiger partial charge in [-0.3, -0.25) is 4.79 Å². The van der Waals surface area contributed by atoms with E-state index in [-0.39, 0.29) is 17.2 Å². The number of amides is 1. The molecule has 4 heteroatoms. The molecule has 1 rings (SSSR count). The average molecular weight is 256 g/mol. The molecule has 0 saturated carbocycles. The Labute approximate surface area is 111 Å². The van der Waals surface area contributed by atoms with Crippen LogP contribution in [0.3, 0.4) is 0 Å². The molecular formula is C14H28N2O2. The van der Waals surface area contributed by atoms with Crippen molar-refractivity contribution in [1.82, 2.24) is 5.32 Å². The van der Waals surface area contributed by atoms with E-state index in [1.165, 1.54) is 0 Å². The molecule has 0 aromatic rings. The molecule has 1 saturated heterocycles. The van der Waals surface area contributed by atoms with E-state index in [0.717, 1.165) is 39.0 Å². The highest BCUT2D eigenvalue weighted by molar-refractivity contribution is 5.78. The Kier molecular flexibility index (Phi) is 6.09. The molecule has 0 spiro atoms. The number of carbonyl (C=O) groups is 1. The number of nitrogens with two attached hydrogens (primary N) is 1. The number of hydrogen-bond acceptors (Lipinski definition) is 3. The lowest BCUT2D eigenvalue weighted by atomic mass is 9.84. The van der Waals surface area contributed by atoms with Crippen LogP contribution >= 0.6 is 0 Å². The van der Waals surface area contributed by atoms with Crippen molar-refractivity contribution in [3.05, 3.63) is 0 Å². The first-order chi connectivity index (χ1) is 8.42. The maximum Gasteiger partial charge on any atom is 0.224 e. The van der Waals surface area contributed by atoms with Gasteiger partial charge >= 0.3 is 0 Å². The van der Waals surface area contributed by atoms with E-state index >= 15 is 0 Å². The zero-order valence-electron chi connectivity index (χ0n) is 12.0. The van der Waals surface area contributed by atoms with E-state index in [2.05, 4.69) is 26.1 Å². The van der Waals surface area contributed by atoms with Crippen LogP contribution in [0.1, 0.15) is 40.0 Å². The molecule has 1 fully saturated rings. The number of rotatable bonds is 6. The third-order valence-electron chi connectivity index (χ3n) is 3.39. The van der Waals surface area contributed by atoms with E-state index in [9.17, 15) is 4.79 Å². The van der Waals surface area contributed by atoms with E-state index < -0.39 is 0 Å². The first-order valence-corrected chi connectivity index (χ1v) is 6.98. The Morgan fingerprint density at radius 3 is 2.72 bits per heavy atom. The van der Waals surface area contributed by atoms with E-state index in [1.54, 1.807) is 0 Å². The summed E-state index contributed by atoms with van der Waals surface area (Å²) in [5, 5.41) is 3.01. The molecule has 2 atom stereocenters. The van der Waals surface area contributed by atoms with Crippen LogP contribution in [0.2, 0.25) is 0 Å². The second kappa shape index (κ2) is 7.10. The maximum atomic E-state index is 12.0. The lowest BCUT2D eigenvalue weighted by Gasteiger charge is -2.24. The summed E-state index contributed by atoms with van der Waals surface area (Å²) in [6.07, 6.45) is 2.97. The Morgan fingerprint density at radius 2 is 2.22 bits per heavy atom. The fraction of sp³-hybridized carbons (Fsp3) is 0.929. The van der Waals surface area contributed by atoms with Crippen LogP contribution in [-0.2, 0) is 9.53 Å². The molecule has 1 aliphatic heterocycles. The van der Waals surface area contributed by atoms with Gasteiger partial charge in [-0.25, -0.2) is 0 Å². The van der Waals surface area contributed by atoms with Crippen molar-refractivity contribution >= 4 is 5.91 Å². The maximum absolute atomic E-state index is 12.0. The van der Waals surface area contributed by atoms with E-state index in [4.69, 9.17) is 10.5 Å². The minimum atomic E-state index is -0.0650. The Bertz CT molecular complexity index is 255. The first-order valence-electron chi connectivity index (χ1n) is 6.98. The van der Waals surface area contributed by atoms with Gasteiger partial charge in [0.05, 0.1) is 5.92 Å². The van der Waals surface area contributed by atoms with Gasteiger partial charge in [0.2, 0.25) is 5.91 Å². The van der Waals surface area contributed by atoms with Crippen molar-refractivity contribution in [1.29, 1.82) is 0 Å². The van der Waals surface area contributed by atoms with Gasteiger partial charge < -0.3 is 15.8 Å². The molecule has 3 N–H and O–H groups in total. The van der Waals surface area contributed by atoms with Crippen LogP contribution in [0, 0.1) is 17.3 Å². The number of carbonyl (C=O) groups excluding carboxylic acids is 1. The monoisotopic (exact) mass is 256 g/mol. The highest BCUT2D eigenvalue weighted by atomic mass is 16.5. The Morgan fingerprint density at radius 1 is 1.50 bits per heavy atom. The first kappa shape index (κ1) is 15.4. The van der Waals surface area contributed by atoms with Gasteiger partial charge in [0.15, 0.2) is 0 Å². The molecule has 0 aromatic heterocycles. The molecule has 1 amide bonds. The summed E-state index contributed by atoms with van der Waals surface area (Å²) in [5.74, 6) is 0.653. The number of hydrogen-bond donors (Lipinski definition) is 2. The average Bonchev–Trinajstić information content (AvgIpc) is 2.77. The second-order valence-corrected chi connectivity index (χ2v) is 6.51. The van der Waals surface area contributed by atoms with Gasteiger partial charge in [-0.2, -0.15) is 0 Å². The fourth-order valence-electron chi connectivity index (χ4n) is 2.38. The lowest BCUT2D eigenvalue weighted by molar-refractivity contribution is -0.125. The predicted octanol–water partition coefficient (Wildman–Crippen LogP) is 1.54. The molecule has 0 aromatic carbocycles. The molecule has 0 bridgehead atoms. The van der Waals surface area contributed by atoms with Gasteiger partial charge in [0, 0.05) is 26.3 Å². The second-order valence-electron chi connectivity index (χ2n) is 6.51. The van der Waals surface area contributed by atoms with Gasteiger partial charge in [0.25, 0.3) is 0 Å². The van der Waals surface area contributed by atoms with Gasteiger partial charge in [-0.05, 0) is 30.6 Å². The predicted molar refractivity (Wildman–Crippen MR) is 73.2 cm³/mol. The molecule has 106 valence electrons. The minimum Gasteiger partial charge on any atom is -0.381 e. The SMILES string of the molecule is CC(C)(C)CC(CN)C(=O)NCCC1CCOC1. The smallest absolute Gasteiger partial charge is 0.224 e. The largest absolute Gasteiger partial charge is 0.381 e. The summed E-state index contributed by atoms with van der Waals surface area (Å²) < 4.78 is 5.32. The van der Waals surface area contributed by atoms with Crippen molar-refractivity contribution in [2.24, 2.45) is 23.0 Å². The summed E-state index contributed by atoms with van der Waals surface area (Å²) in [7, 11) is 0. The van der Waals surface area contributed by atoms with Crippen molar-refractivity contribution in [2.45, 2.75) is 40.0 Å². The number of nitrogens with one attached hydrogen (secondary N) is 1. The fourth-order valence-corrected chi connectivity index (χ4v) is 2.38. The Balaban J connectivity index is 2.24. The molecule has 4 nitrogen and oxygen atoms in total. The zero-order chi connectivity index (χ0) is 13.6. The zero-order valence-corrected chi connectivity index (χ0v) is 12.0. The molecule has 2 unspecified atom stereocenters. The van der Waals surface area contributed by atoms with Crippen LogP contribution < -0.4 is 11.1 Å². The van der Waals surface area contributed by atoms with Gasteiger partial charge in [-0.15, -0.1) is 0 Å². The normalized spacial score (nSPS) is 21.9. The number of ether oxygens (including phenoxy) is 1. The summed E-state index contributed by atoms with van der Waals surface area (Å²) in [6, 6.07) is 0. The van der Waals surface area contributed by atoms with Crippen molar-refractivity contribution in [3.8, 4) is 0 Å². The molecule has 0 aliphatic carbocycles. The molecule has 1 heterocycles. The van der Waals surface area contributed by atoms with Crippen LogP contribution in [0.15, 0.2) is 0 Å². The third-order valence-corrected chi connectivity index (χ3v) is 3.39. The highest BCUT2D eigenvalue weighted by Gasteiger charge is 2.23. The Hall–Kier alpha value is -0.610. The standard InChI is InChI=1S/C14H28N2O2/c1-14(2,3)8-12(9-15)13(17)16-6-4-11-5-7-18-10-11/h11-12H,4-10,15H2,1-3H3,(H,16,17). The van der Waals surface area contributed by atoms with Crippen molar-refractivity contribution in [2.75, 3.05) is 26.3 Å². The molecule has 18 heavy (non-hydrogen) atoms. The summed E-state index contributed by atoms with van der Waals surface area (Å²) in [5.41, 5.74) is 5.83. The van der Waals surface area contributed by atoms with Gasteiger partial charge in [0.1, 0.15) is 0 Å². The quantitative estimate of drug-likeness (QED) is 0.757. The summed E-state index contributed by atoms with van der Waals surface area (Å²) >= 11 is 0. The molecule has 1 aliphatic rings. The summed E-state index contributed by atoms with van der Waals surface area (Å²) in [6.45, 7) is 9.30. The lowest BCUT2D eigenvalue weighted by Crippen LogP contribution is -2.38. The third kappa shape index (κ3) is 5.83. The van der Waals surface area contributed by atoms with Crippen molar-refractivity contribution in [3.63, 3.8) is 0 Å². The molecule has 0 radical (unpaired) electrons. The van der Waals surface area contributed by atoms with E-state index in [1.807, 2.05) is 0 Å². The topological polar surface area (TPSA) is 64.4 Å². The van der Waals surface area contributed by atoms with E-state index in [0.29, 0.717) is 12.5 Å². The van der Waals surface area contributed by atoms with Crippen LogP contribution in [-0.4, -0.2) is 32.2 Å². The summed E-state index contributed by atoms with van der Waals surface area (Å²) in [4.78, 5) is 12.0. The van der Waals surface area contributed by atoms with Crippen LogP contribution in [0.5, 0.6) is 0 Å². The van der Waals surface area contributed by atoms with Gasteiger partial charge in [-0.1, -0.05) is 20.8 Å². The molecular weight excluding hydrogens is 228 g/mol. The minimum absolute atomic E-state index is 0.0650. The van der Waals surface area contributed by atoms with Crippen LogP contribution in [0.4, 0.5) is 0 Å². The van der Waals surface area contributed by atoms with Crippen LogP contribution in [0.25, 0.3) is 0 Å². The van der Waals surface area contributed by atoms with Crippen molar-refractivity contribution < 1.29 is 9.53 Å².